The Bertz CT molecular complexity index is 563. The smallest absolute Gasteiger partial charge is 0.220 e. The highest BCUT2D eigenvalue weighted by atomic mass is 32.1. The monoisotopic (exact) mass is 302 g/mol. The Balaban J connectivity index is 1.79. The lowest BCUT2D eigenvalue weighted by atomic mass is 10.1. The first kappa shape index (κ1) is 15.7. The number of nitrogens with zero attached hydrogens (tertiary/aromatic N) is 1. The standard InChI is InChI=1S/C17H22N2OS/c1-13(2)10-11-18-16(20)9-8-15-12-21-17(19-15)14-6-4-3-5-7-14/h3-7,12-13H,8-11H2,1-2H3,(H,18,20). The number of amides is 1. The van der Waals surface area contributed by atoms with Crippen molar-refractivity contribution >= 4 is 17.2 Å². The molecule has 0 aliphatic carbocycles. The maximum Gasteiger partial charge on any atom is 0.220 e. The minimum absolute atomic E-state index is 0.116. The van der Waals surface area contributed by atoms with E-state index in [1.165, 1.54) is 0 Å². The average molecular weight is 302 g/mol. The van der Waals surface area contributed by atoms with Crippen LogP contribution in [0.5, 0.6) is 0 Å². The van der Waals surface area contributed by atoms with E-state index in [4.69, 9.17) is 0 Å². The maximum absolute atomic E-state index is 11.7. The quantitative estimate of drug-likeness (QED) is 0.842. The number of carbonyl (C=O) groups excluding carboxylic acids is 1. The highest BCUT2D eigenvalue weighted by Gasteiger charge is 2.07. The van der Waals surface area contributed by atoms with Crippen molar-refractivity contribution in [2.24, 2.45) is 5.92 Å². The van der Waals surface area contributed by atoms with E-state index in [1.807, 2.05) is 23.6 Å². The van der Waals surface area contributed by atoms with Gasteiger partial charge < -0.3 is 5.32 Å². The second-order valence-electron chi connectivity index (χ2n) is 5.54. The van der Waals surface area contributed by atoms with E-state index in [2.05, 4.69) is 36.3 Å². The van der Waals surface area contributed by atoms with Gasteiger partial charge in [-0.05, 0) is 18.8 Å². The van der Waals surface area contributed by atoms with Gasteiger partial charge in [-0.3, -0.25) is 4.79 Å². The Labute approximate surface area is 130 Å². The van der Waals surface area contributed by atoms with Gasteiger partial charge in [0.25, 0.3) is 0 Å². The predicted octanol–water partition coefficient (Wildman–Crippen LogP) is 3.91. The van der Waals surface area contributed by atoms with Crippen LogP contribution in [0.1, 0.15) is 32.4 Å². The van der Waals surface area contributed by atoms with Gasteiger partial charge in [0.05, 0.1) is 5.69 Å². The Hall–Kier alpha value is -1.68. The molecule has 1 heterocycles. The van der Waals surface area contributed by atoms with Crippen molar-refractivity contribution in [1.82, 2.24) is 10.3 Å². The lowest BCUT2D eigenvalue weighted by Gasteiger charge is -2.06. The molecular weight excluding hydrogens is 280 g/mol. The number of hydrogen-bond donors (Lipinski definition) is 1. The van der Waals surface area contributed by atoms with Crippen LogP contribution in [0.3, 0.4) is 0 Å². The van der Waals surface area contributed by atoms with Crippen molar-refractivity contribution < 1.29 is 4.79 Å². The normalized spacial score (nSPS) is 10.8. The molecule has 1 amide bonds. The summed E-state index contributed by atoms with van der Waals surface area (Å²) in [5.41, 5.74) is 2.13. The van der Waals surface area contributed by atoms with Crippen LogP contribution >= 0.6 is 11.3 Å². The van der Waals surface area contributed by atoms with Crippen molar-refractivity contribution in [3.05, 3.63) is 41.4 Å². The Kier molecular flexibility index (Phi) is 5.93. The molecule has 1 N–H and O–H groups in total. The third-order valence-electron chi connectivity index (χ3n) is 3.22. The highest BCUT2D eigenvalue weighted by Crippen LogP contribution is 2.23. The van der Waals surface area contributed by atoms with Crippen LogP contribution in [-0.4, -0.2) is 17.4 Å². The lowest BCUT2D eigenvalue weighted by Crippen LogP contribution is -2.25. The van der Waals surface area contributed by atoms with Gasteiger partial charge in [-0.1, -0.05) is 44.2 Å². The van der Waals surface area contributed by atoms with E-state index >= 15 is 0 Å². The number of aromatic nitrogens is 1. The van der Waals surface area contributed by atoms with Gasteiger partial charge in [0.15, 0.2) is 0 Å². The Morgan fingerprint density at radius 2 is 2.05 bits per heavy atom. The molecule has 0 bridgehead atoms. The van der Waals surface area contributed by atoms with Gasteiger partial charge in [-0.2, -0.15) is 0 Å². The SMILES string of the molecule is CC(C)CCNC(=O)CCc1csc(-c2ccccc2)n1. The molecular formula is C17H22N2OS. The van der Waals surface area contributed by atoms with E-state index in [0.717, 1.165) is 29.2 Å². The Morgan fingerprint density at radius 1 is 1.29 bits per heavy atom. The fourth-order valence-corrected chi connectivity index (χ4v) is 2.83. The number of thiazole rings is 1. The van der Waals surface area contributed by atoms with Crippen LogP contribution in [0.15, 0.2) is 35.7 Å². The second kappa shape index (κ2) is 7.93. The highest BCUT2D eigenvalue weighted by molar-refractivity contribution is 7.13. The molecule has 0 aliphatic rings. The topological polar surface area (TPSA) is 42.0 Å². The zero-order valence-corrected chi connectivity index (χ0v) is 13.5. The largest absolute Gasteiger partial charge is 0.356 e. The molecule has 0 spiro atoms. The van der Waals surface area contributed by atoms with Gasteiger partial charge in [0.1, 0.15) is 5.01 Å². The van der Waals surface area contributed by atoms with Gasteiger partial charge in [0, 0.05) is 23.9 Å². The fraction of sp³-hybridized carbons (Fsp3) is 0.412. The minimum atomic E-state index is 0.116. The number of nitrogens with one attached hydrogen (secondary N) is 1. The average Bonchev–Trinajstić information content (AvgIpc) is 2.94. The first-order valence-corrected chi connectivity index (χ1v) is 8.29. The number of benzene rings is 1. The van der Waals surface area contributed by atoms with Crippen molar-refractivity contribution in [2.75, 3.05) is 6.54 Å². The molecule has 0 radical (unpaired) electrons. The number of carbonyl (C=O) groups is 1. The van der Waals surface area contributed by atoms with Crippen molar-refractivity contribution in [2.45, 2.75) is 33.1 Å². The van der Waals surface area contributed by atoms with Gasteiger partial charge in [-0.15, -0.1) is 11.3 Å². The molecule has 0 fully saturated rings. The number of hydrogen-bond acceptors (Lipinski definition) is 3. The summed E-state index contributed by atoms with van der Waals surface area (Å²) >= 11 is 1.63. The summed E-state index contributed by atoms with van der Waals surface area (Å²) in [6, 6.07) is 10.1. The summed E-state index contributed by atoms with van der Waals surface area (Å²) in [7, 11) is 0. The molecule has 112 valence electrons. The predicted molar refractivity (Wildman–Crippen MR) is 88.3 cm³/mol. The molecule has 21 heavy (non-hydrogen) atoms. The van der Waals surface area contributed by atoms with Crippen molar-refractivity contribution in [3.8, 4) is 10.6 Å². The number of aryl methyl sites for hydroxylation is 1. The lowest BCUT2D eigenvalue weighted by molar-refractivity contribution is -0.121. The fourth-order valence-electron chi connectivity index (χ4n) is 1.97. The van der Waals surface area contributed by atoms with E-state index in [9.17, 15) is 4.79 Å². The van der Waals surface area contributed by atoms with E-state index in [1.54, 1.807) is 11.3 Å². The number of rotatable bonds is 7. The van der Waals surface area contributed by atoms with Crippen LogP contribution in [-0.2, 0) is 11.2 Å². The molecule has 2 rings (SSSR count). The van der Waals surface area contributed by atoms with Crippen LogP contribution in [0, 0.1) is 5.92 Å². The summed E-state index contributed by atoms with van der Waals surface area (Å²) in [6.07, 6.45) is 2.24. The molecule has 0 saturated heterocycles. The van der Waals surface area contributed by atoms with Crippen molar-refractivity contribution in [3.63, 3.8) is 0 Å². The second-order valence-corrected chi connectivity index (χ2v) is 6.40. The summed E-state index contributed by atoms with van der Waals surface area (Å²) < 4.78 is 0. The van der Waals surface area contributed by atoms with Crippen LogP contribution < -0.4 is 5.32 Å². The van der Waals surface area contributed by atoms with E-state index < -0.39 is 0 Å². The van der Waals surface area contributed by atoms with E-state index in [0.29, 0.717) is 18.8 Å². The zero-order valence-electron chi connectivity index (χ0n) is 12.6. The van der Waals surface area contributed by atoms with Crippen LogP contribution in [0.4, 0.5) is 0 Å². The molecule has 2 aromatic rings. The molecule has 0 aliphatic heterocycles. The third-order valence-corrected chi connectivity index (χ3v) is 4.16. The molecule has 0 saturated carbocycles. The third kappa shape index (κ3) is 5.31. The minimum Gasteiger partial charge on any atom is -0.356 e. The van der Waals surface area contributed by atoms with Gasteiger partial charge in [-0.25, -0.2) is 4.98 Å². The van der Waals surface area contributed by atoms with E-state index in [-0.39, 0.29) is 5.91 Å². The molecule has 1 aromatic heterocycles. The van der Waals surface area contributed by atoms with Gasteiger partial charge >= 0.3 is 0 Å². The van der Waals surface area contributed by atoms with Crippen LogP contribution in [0.2, 0.25) is 0 Å². The zero-order chi connectivity index (χ0) is 15.1. The first-order valence-electron chi connectivity index (χ1n) is 7.41. The van der Waals surface area contributed by atoms with Crippen molar-refractivity contribution in [1.29, 1.82) is 0 Å². The summed E-state index contributed by atoms with van der Waals surface area (Å²) in [4.78, 5) is 16.3. The van der Waals surface area contributed by atoms with Crippen LogP contribution in [0.25, 0.3) is 10.6 Å². The molecule has 0 unspecified atom stereocenters. The molecule has 4 heteroatoms. The summed E-state index contributed by atoms with van der Waals surface area (Å²) in [5.74, 6) is 0.738. The molecule has 1 aromatic carbocycles. The summed E-state index contributed by atoms with van der Waals surface area (Å²) in [6.45, 7) is 5.09. The molecule has 3 nitrogen and oxygen atoms in total. The summed E-state index contributed by atoms with van der Waals surface area (Å²) in [5, 5.41) is 6.02. The molecule has 0 atom stereocenters. The Morgan fingerprint density at radius 3 is 2.76 bits per heavy atom. The maximum atomic E-state index is 11.7. The first-order chi connectivity index (χ1) is 10.1. The van der Waals surface area contributed by atoms with Gasteiger partial charge in [0.2, 0.25) is 5.91 Å².